The fourth-order valence-electron chi connectivity index (χ4n) is 2.99. The van der Waals surface area contributed by atoms with Crippen LogP contribution in [0.2, 0.25) is 0 Å². The van der Waals surface area contributed by atoms with Gasteiger partial charge in [-0.25, -0.2) is 0 Å². The van der Waals surface area contributed by atoms with Crippen molar-refractivity contribution >= 4 is 5.91 Å². The summed E-state index contributed by atoms with van der Waals surface area (Å²) in [5.41, 5.74) is 9.49. The van der Waals surface area contributed by atoms with Gasteiger partial charge >= 0.3 is 0 Å². The van der Waals surface area contributed by atoms with Crippen molar-refractivity contribution < 1.29 is 9.21 Å². The minimum atomic E-state index is -0.201. The second-order valence-electron chi connectivity index (χ2n) is 6.52. The molecular formula is C25H28N6O2. The molecule has 0 fully saturated rings. The van der Waals surface area contributed by atoms with Crippen LogP contribution in [-0.2, 0) is 18.4 Å². The highest BCUT2D eigenvalue weighted by Crippen LogP contribution is 2.32. The Labute approximate surface area is 193 Å². The molecular weight excluding hydrogens is 416 g/mol. The van der Waals surface area contributed by atoms with Crippen LogP contribution in [0.5, 0.6) is 0 Å². The van der Waals surface area contributed by atoms with E-state index in [9.17, 15) is 4.79 Å². The van der Waals surface area contributed by atoms with Gasteiger partial charge in [-0.1, -0.05) is 50.2 Å². The Bertz CT molecular complexity index is 1180. The number of benzene rings is 2. The maximum Gasteiger partial charge on any atom is 0.251 e. The Morgan fingerprint density at radius 1 is 1.03 bits per heavy atom. The van der Waals surface area contributed by atoms with Crippen molar-refractivity contribution in [3.8, 4) is 47.0 Å². The summed E-state index contributed by atoms with van der Waals surface area (Å²) >= 11 is 0. The molecule has 1 amide bonds. The molecule has 0 radical (unpaired) electrons. The number of amides is 1. The molecule has 0 spiro atoms. The smallest absolute Gasteiger partial charge is 0.251 e. The van der Waals surface area contributed by atoms with Crippen LogP contribution < -0.4 is 11.1 Å². The number of nitrogens with zero attached hydrogens (tertiary/aromatic N) is 4. The maximum atomic E-state index is 11.4. The second kappa shape index (κ2) is 12.6. The summed E-state index contributed by atoms with van der Waals surface area (Å²) in [6.45, 7) is 4.36. The van der Waals surface area contributed by atoms with Gasteiger partial charge in [-0.15, -0.1) is 23.0 Å². The molecule has 2 heterocycles. The summed E-state index contributed by atoms with van der Waals surface area (Å²) in [4.78, 5) is 11.4. The van der Waals surface area contributed by atoms with Gasteiger partial charge in [0.2, 0.25) is 11.8 Å². The van der Waals surface area contributed by atoms with Crippen LogP contribution in [0.25, 0.3) is 34.2 Å². The van der Waals surface area contributed by atoms with Crippen LogP contribution >= 0.6 is 0 Å². The van der Waals surface area contributed by atoms with E-state index in [1.807, 2.05) is 81.7 Å². The minimum absolute atomic E-state index is 0.0367. The molecule has 0 aliphatic heterocycles. The highest BCUT2D eigenvalue weighted by atomic mass is 16.4. The zero-order chi connectivity index (χ0) is 24.2. The fraction of sp³-hybridized carbons (Fsp3) is 0.200. The summed E-state index contributed by atoms with van der Waals surface area (Å²) in [5, 5.41) is 15.7. The van der Waals surface area contributed by atoms with Crippen molar-refractivity contribution in [2.45, 2.75) is 20.4 Å². The largest absolute Gasteiger partial charge is 0.416 e. The van der Waals surface area contributed by atoms with Crippen molar-refractivity contribution in [2.24, 2.45) is 12.8 Å². The lowest BCUT2D eigenvalue weighted by atomic mass is 10.0. The molecule has 33 heavy (non-hydrogen) atoms. The van der Waals surface area contributed by atoms with Crippen LogP contribution in [0.4, 0.5) is 0 Å². The average molecular weight is 445 g/mol. The Morgan fingerprint density at radius 2 is 1.70 bits per heavy atom. The van der Waals surface area contributed by atoms with Gasteiger partial charge in [-0.05, 0) is 23.8 Å². The summed E-state index contributed by atoms with van der Waals surface area (Å²) in [6, 6.07) is 17.4. The van der Waals surface area contributed by atoms with E-state index in [1.165, 1.54) is 0 Å². The lowest BCUT2D eigenvalue weighted by Crippen LogP contribution is -2.29. The lowest BCUT2D eigenvalue weighted by molar-refractivity contribution is -0.119. The van der Waals surface area contributed by atoms with Crippen molar-refractivity contribution in [1.82, 2.24) is 25.3 Å². The standard InChI is InChI=1S/C21H20N6O2.C2H6.C2H2/c1-27-13-17(21-25-24-20(29-21)15-7-3-2-4-8-15)19(26-27)16-9-5-6-14(10-16)12-23-18(28)11-22;2*1-2/h2-10,13H,11-12,22H2,1H3,(H,23,28);1-2H3;1-2H. The highest BCUT2D eigenvalue weighted by molar-refractivity contribution is 5.78. The molecule has 0 aliphatic rings. The molecule has 2 aromatic heterocycles. The first kappa shape index (κ1) is 25.0. The molecule has 170 valence electrons. The molecule has 0 atom stereocenters. The van der Waals surface area contributed by atoms with Crippen LogP contribution in [0, 0.1) is 12.8 Å². The van der Waals surface area contributed by atoms with Crippen molar-refractivity contribution in [3.63, 3.8) is 0 Å². The van der Waals surface area contributed by atoms with E-state index in [0.717, 1.165) is 27.9 Å². The summed E-state index contributed by atoms with van der Waals surface area (Å²) < 4.78 is 7.62. The molecule has 8 nitrogen and oxygen atoms in total. The van der Waals surface area contributed by atoms with E-state index in [1.54, 1.807) is 4.68 Å². The van der Waals surface area contributed by atoms with Gasteiger partial charge in [0.25, 0.3) is 5.89 Å². The number of aromatic nitrogens is 4. The van der Waals surface area contributed by atoms with E-state index < -0.39 is 0 Å². The summed E-state index contributed by atoms with van der Waals surface area (Å²) in [7, 11) is 1.84. The third-order valence-electron chi connectivity index (χ3n) is 4.38. The predicted octanol–water partition coefficient (Wildman–Crippen LogP) is 3.65. The maximum absolute atomic E-state index is 11.4. The SMILES string of the molecule is C#C.CC.Cn1cc(-c2nnc(-c3ccccc3)o2)c(-c2cccc(CNC(=O)CN)c2)n1. The van der Waals surface area contributed by atoms with Crippen molar-refractivity contribution in [1.29, 1.82) is 0 Å². The van der Waals surface area contributed by atoms with Crippen LogP contribution in [0.1, 0.15) is 19.4 Å². The van der Waals surface area contributed by atoms with Gasteiger partial charge in [-0.2, -0.15) is 5.10 Å². The number of carbonyl (C=O) groups is 1. The molecule has 0 saturated heterocycles. The van der Waals surface area contributed by atoms with Gasteiger partial charge in [-0.3, -0.25) is 9.48 Å². The Hall–Kier alpha value is -4.22. The Morgan fingerprint density at radius 3 is 2.39 bits per heavy atom. The van der Waals surface area contributed by atoms with Crippen LogP contribution in [-0.4, -0.2) is 32.4 Å². The zero-order valence-electron chi connectivity index (χ0n) is 19.0. The number of rotatable bonds is 6. The van der Waals surface area contributed by atoms with Crippen LogP contribution in [0.3, 0.4) is 0 Å². The second-order valence-corrected chi connectivity index (χ2v) is 6.52. The quantitative estimate of drug-likeness (QED) is 0.439. The minimum Gasteiger partial charge on any atom is -0.416 e. The molecule has 3 N–H and O–H groups in total. The first-order valence-corrected chi connectivity index (χ1v) is 10.5. The molecule has 0 saturated carbocycles. The number of terminal acetylenes is 1. The molecule has 0 aliphatic carbocycles. The monoisotopic (exact) mass is 444 g/mol. The summed E-state index contributed by atoms with van der Waals surface area (Å²) in [5.74, 6) is 0.649. The van der Waals surface area contributed by atoms with Crippen molar-refractivity contribution in [2.75, 3.05) is 6.54 Å². The summed E-state index contributed by atoms with van der Waals surface area (Å²) in [6.07, 6.45) is 9.85. The normalized spacial score (nSPS) is 9.76. The lowest BCUT2D eigenvalue weighted by Gasteiger charge is -2.06. The van der Waals surface area contributed by atoms with Crippen molar-refractivity contribution in [3.05, 3.63) is 66.4 Å². The van der Waals surface area contributed by atoms with E-state index in [0.29, 0.717) is 18.3 Å². The average Bonchev–Trinajstić information content (AvgIpc) is 3.53. The Balaban J connectivity index is 0.000000914. The van der Waals surface area contributed by atoms with Gasteiger partial charge in [0.15, 0.2) is 0 Å². The topological polar surface area (TPSA) is 112 Å². The molecule has 2 aromatic carbocycles. The van der Waals surface area contributed by atoms with E-state index >= 15 is 0 Å². The van der Waals surface area contributed by atoms with Gasteiger partial charge in [0.1, 0.15) is 5.69 Å². The van der Waals surface area contributed by atoms with Gasteiger partial charge in [0.05, 0.1) is 12.1 Å². The van der Waals surface area contributed by atoms with Crippen LogP contribution in [0.15, 0.2) is 65.2 Å². The Kier molecular flexibility index (Phi) is 9.55. The van der Waals surface area contributed by atoms with E-state index in [-0.39, 0.29) is 12.5 Å². The predicted molar refractivity (Wildman–Crippen MR) is 130 cm³/mol. The third kappa shape index (κ3) is 6.38. The number of aryl methyl sites for hydroxylation is 1. The number of nitrogens with one attached hydrogen (secondary N) is 1. The number of carbonyl (C=O) groups excluding carboxylic acids is 1. The van der Waals surface area contributed by atoms with E-state index in [4.69, 9.17) is 10.2 Å². The van der Waals surface area contributed by atoms with Gasteiger partial charge < -0.3 is 15.5 Å². The third-order valence-corrected chi connectivity index (χ3v) is 4.38. The highest BCUT2D eigenvalue weighted by Gasteiger charge is 2.18. The molecule has 4 rings (SSSR count). The van der Waals surface area contributed by atoms with E-state index in [2.05, 4.69) is 33.5 Å². The molecule has 0 unspecified atom stereocenters. The first-order chi connectivity index (χ1) is 16.1. The first-order valence-electron chi connectivity index (χ1n) is 10.5. The molecule has 8 heteroatoms. The fourth-order valence-corrected chi connectivity index (χ4v) is 2.99. The number of hydrogen-bond acceptors (Lipinski definition) is 6. The zero-order valence-corrected chi connectivity index (χ0v) is 19.0. The number of hydrogen-bond donors (Lipinski definition) is 2. The van der Waals surface area contributed by atoms with Gasteiger partial charge in [0, 0.05) is 30.9 Å². The molecule has 4 aromatic rings. The molecule has 0 bridgehead atoms. The number of nitrogens with two attached hydrogens (primary N) is 1.